The van der Waals surface area contributed by atoms with Crippen LogP contribution in [0, 0.1) is 0 Å². The summed E-state index contributed by atoms with van der Waals surface area (Å²) in [5.41, 5.74) is 12.3. The van der Waals surface area contributed by atoms with Crippen LogP contribution in [0.15, 0.2) is 12.1 Å². The number of unbranched alkanes of at least 4 members (excludes halogenated alkanes) is 2. The molecule has 6 nitrogen and oxygen atoms in total. The first-order valence-electron chi connectivity index (χ1n) is 9.58. The van der Waals surface area contributed by atoms with Gasteiger partial charge in [-0.1, -0.05) is 38.8 Å². The Balaban J connectivity index is 3.34. The molecule has 0 bridgehead atoms. The van der Waals surface area contributed by atoms with Gasteiger partial charge in [-0.2, -0.15) is 0 Å². The summed E-state index contributed by atoms with van der Waals surface area (Å²) in [6, 6.07) is 3.52. The average Bonchev–Trinajstić information content (AvgIpc) is 2.67. The molecule has 4 N–H and O–H groups in total. The number of alkyl halides is 2. The number of primary amides is 2. The summed E-state index contributed by atoms with van der Waals surface area (Å²) in [6.07, 6.45) is 2.59. The molecule has 1 rings (SSSR count). The lowest BCUT2D eigenvalue weighted by molar-refractivity contribution is -0.126. The number of rotatable bonds is 14. The fourth-order valence-corrected chi connectivity index (χ4v) is 3.12. The monoisotopic (exact) mass is 432 g/mol. The summed E-state index contributed by atoms with van der Waals surface area (Å²) >= 11 is 12.1. The highest BCUT2D eigenvalue weighted by Crippen LogP contribution is 2.39. The van der Waals surface area contributed by atoms with Crippen molar-refractivity contribution in [2.24, 2.45) is 11.5 Å². The predicted molar refractivity (Wildman–Crippen MR) is 112 cm³/mol. The molecular weight excluding hydrogens is 403 g/mol. The molecule has 158 valence electrons. The Bertz CT molecular complexity index is 600. The second-order valence-corrected chi connectivity index (χ2v) is 7.15. The van der Waals surface area contributed by atoms with Gasteiger partial charge in [0.2, 0.25) is 0 Å². The zero-order valence-electron chi connectivity index (χ0n) is 16.5. The second-order valence-electron chi connectivity index (χ2n) is 6.61. The topological polar surface area (TPSA) is 105 Å². The molecule has 0 saturated heterocycles. The summed E-state index contributed by atoms with van der Waals surface area (Å²) in [5, 5.41) is 0. The molecule has 0 aliphatic carbocycles. The van der Waals surface area contributed by atoms with Crippen molar-refractivity contribution in [1.82, 2.24) is 0 Å². The summed E-state index contributed by atoms with van der Waals surface area (Å²) in [5.74, 6) is -0.318. The summed E-state index contributed by atoms with van der Waals surface area (Å²) in [7, 11) is 0. The van der Waals surface area contributed by atoms with Crippen molar-refractivity contribution in [3.8, 4) is 11.5 Å². The molecule has 0 aromatic heterocycles. The third-order valence-electron chi connectivity index (χ3n) is 4.36. The first-order chi connectivity index (χ1) is 13.4. The molecule has 1 aromatic carbocycles. The number of nitrogens with two attached hydrogens (primary N) is 2. The van der Waals surface area contributed by atoms with E-state index in [1.54, 1.807) is 12.1 Å². The molecule has 0 fully saturated rings. The van der Waals surface area contributed by atoms with Crippen LogP contribution < -0.4 is 20.9 Å². The number of hydrogen-bond acceptors (Lipinski definition) is 4. The van der Waals surface area contributed by atoms with E-state index >= 15 is 0 Å². The van der Waals surface area contributed by atoms with Gasteiger partial charge in [0, 0.05) is 11.1 Å². The maximum atomic E-state index is 11.9. The number of ether oxygens (including phenoxy) is 2. The molecular formula is C20H30Cl2N2O4. The predicted octanol–water partition coefficient (Wildman–Crippen LogP) is 4.01. The second kappa shape index (κ2) is 12.7. The number of halogens is 2. The first kappa shape index (κ1) is 24.4. The minimum absolute atomic E-state index is 0.129. The van der Waals surface area contributed by atoms with Gasteiger partial charge in [-0.15, -0.1) is 23.2 Å². The quantitative estimate of drug-likeness (QED) is 0.433. The van der Waals surface area contributed by atoms with Crippen LogP contribution in [-0.2, 0) is 21.3 Å². The van der Waals surface area contributed by atoms with Gasteiger partial charge < -0.3 is 20.9 Å². The maximum Gasteiger partial charge on any atom is 0.258 e. The fraction of sp³-hybridized carbons (Fsp3) is 0.600. The molecule has 0 heterocycles. The van der Waals surface area contributed by atoms with Crippen molar-refractivity contribution >= 4 is 35.0 Å². The summed E-state index contributed by atoms with van der Waals surface area (Å²) in [4.78, 5) is 23.7. The Morgan fingerprint density at radius 1 is 0.857 bits per heavy atom. The highest BCUT2D eigenvalue weighted by atomic mass is 35.5. The summed E-state index contributed by atoms with van der Waals surface area (Å²) < 4.78 is 11.9. The highest BCUT2D eigenvalue weighted by Gasteiger charge is 2.26. The lowest BCUT2D eigenvalue weighted by atomic mass is 10.1. The van der Waals surface area contributed by atoms with Crippen LogP contribution in [0.1, 0.15) is 63.5 Å². The van der Waals surface area contributed by atoms with Gasteiger partial charge >= 0.3 is 0 Å². The fourth-order valence-electron chi connectivity index (χ4n) is 2.70. The van der Waals surface area contributed by atoms with Crippen molar-refractivity contribution in [3.63, 3.8) is 0 Å². The van der Waals surface area contributed by atoms with Crippen molar-refractivity contribution in [1.29, 1.82) is 0 Å². The molecule has 2 unspecified atom stereocenters. The van der Waals surface area contributed by atoms with Gasteiger partial charge in [0.15, 0.2) is 23.7 Å². The van der Waals surface area contributed by atoms with Crippen LogP contribution in [0.25, 0.3) is 0 Å². The minimum Gasteiger partial charge on any atom is -0.476 e. The van der Waals surface area contributed by atoms with Crippen molar-refractivity contribution in [2.75, 3.05) is 0 Å². The largest absolute Gasteiger partial charge is 0.476 e. The standard InChI is InChI=1S/C20H30Cl2N2O4/c1-3-5-7-15(19(23)25)27-17-13(11-21)9-10-14(12-22)18(17)28-16(20(24)26)8-6-4-2/h9-10,15-16H,3-8,11-12H2,1-2H3,(H2,23,25)(H2,24,26). The van der Waals surface area contributed by atoms with Crippen LogP contribution >= 0.6 is 23.2 Å². The maximum absolute atomic E-state index is 11.9. The van der Waals surface area contributed by atoms with Gasteiger partial charge in [0.25, 0.3) is 11.8 Å². The van der Waals surface area contributed by atoms with Gasteiger partial charge in [-0.05, 0) is 25.7 Å². The molecule has 28 heavy (non-hydrogen) atoms. The average molecular weight is 433 g/mol. The van der Waals surface area contributed by atoms with Crippen LogP contribution in [-0.4, -0.2) is 24.0 Å². The Kier molecular flexibility index (Phi) is 11.1. The van der Waals surface area contributed by atoms with E-state index in [1.807, 2.05) is 13.8 Å². The Labute approximate surface area is 176 Å². The smallest absolute Gasteiger partial charge is 0.258 e. The van der Waals surface area contributed by atoms with Gasteiger partial charge in [-0.3, -0.25) is 9.59 Å². The van der Waals surface area contributed by atoms with Crippen LogP contribution in [0.5, 0.6) is 11.5 Å². The number of carbonyl (C=O) groups excluding carboxylic acids is 2. The zero-order valence-corrected chi connectivity index (χ0v) is 18.0. The van der Waals surface area contributed by atoms with Crippen LogP contribution in [0.2, 0.25) is 0 Å². The molecule has 2 atom stereocenters. The molecule has 0 aliphatic rings. The number of carbonyl (C=O) groups is 2. The van der Waals surface area contributed by atoms with Gasteiger partial charge in [-0.25, -0.2) is 0 Å². The van der Waals surface area contributed by atoms with E-state index in [0.717, 1.165) is 25.7 Å². The van der Waals surface area contributed by atoms with Crippen LogP contribution in [0.4, 0.5) is 0 Å². The molecule has 0 aliphatic heterocycles. The van der Waals surface area contributed by atoms with E-state index in [9.17, 15) is 9.59 Å². The number of hydrogen-bond donors (Lipinski definition) is 2. The molecule has 1 aromatic rings. The van der Waals surface area contributed by atoms with Crippen molar-refractivity contribution < 1.29 is 19.1 Å². The molecule has 0 saturated carbocycles. The van der Waals surface area contributed by atoms with Crippen molar-refractivity contribution in [2.45, 2.75) is 76.3 Å². The SMILES string of the molecule is CCCCC(Oc1c(CCl)ccc(CCl)c1OC(CCCC)C(N)=O)C(N)=O. The number of benzene rings is 1. The lowest BCUT2D eigenvalue weighted by Crippen LogP contribution is -2.36. The third-order valence-corrected chi connectivity index (χ3v) is 4.93. The summed E-state index contributed by atoms with van der Waals surface area (Å²) in [6.45, 7) is 4.02. The van der Waals surface area contributed by atoms with E-state index in [2.05, 4.69) is 0 Å². The lowest BCUT2D eigenvalue weighted by Gasteiger charge is -2.24. The highest BCUT2D eigenvalue weighted by molar-refractivity contribution is 6.18. The minimum atomic E-state index is -0.836. The van der Waals surface area contributed by atoms with E-state index in [-0.39, 0.29) is 23.3 Å². The zero-order chi connectivity index (χ0) is 21.1. The van der Waals surface area contributed by atoms with Gasteiger partial charge in [0.05, 0.1) is 11.8 Å². The van der Waals surface area contributed by atoms with E-state index in [1.165, 1.54) is 0 Å². The normalized spacial score (nSPS) is 13.0. The number of amides is 2. The third kappa shape index (κ3) is 7.06. The molecule has 8 heteroatoms. The van der Waals surface area contributed by atoms with Crippen molar-refractivity contribution in [3.05, 3.63) is 23.3 Å². The van der Waals surface area contributed by atoms with Crippen LogP contribution in [0.3, 0.4) is 0 Å². The van der Waals surface area contributed by atoms with E-state index in [0.29, 0.717) is 24.0 Å². The van der Waals surface area contributed by atoms with E-state index < -0.39 is 24.0 Å². The Hall–Kier alpha value is -1.66. The molecule has 0 spiro atoms. The molecule has 0 radical (unpaired) electrons. The van der Waals surface area contributed by atoms with E-state index in [4.69, 9.17) is 44.1 Å². The first-order valence-corrected chi connectivity index (χ1v) is 10.6. The Morgan fingerprint density at radius 2 is 1.21 bits per heavy atom. The molecule has 2 amide bonds. The van der Waals surface area contributed by atoms with Gasteiger partial charge in [0.1, 0.15) is 0 Å². The Morgan fingerprint density at radius 3 is 1.46 bits per heavy atom.